The fraction of sp³-hybridized carbons (Fsp3) is 0.304. The minimum atomic E-state index is -0.937. The number of oxazole rings is 1. The van der Waals surface area contributed by atoms with Gasteiger partial charge in [-0.25, -0.2) is 9.78 Å². The number of aliphatic hydroxyl groups is 1. The summed E-state index contributed by atoms with van der Waals surface area (Å²) in [5.41, 5.74) is 3.03. The van der Waals surface area contributed by atoms with E-state index < -0.39 is 6.09 Å². The maximum atomic E-state index is 12.2. The quantitative estimate of drug-likeness (QED) is 0.519. The van der Waals surface area contributed by atoms with Crippen LogP contribution in [0.4, 0.5) is 10.5 Å². The summed E-state index contributed by atoms with van der Waals surface area (Å²) in [6, 6.07) is 12.1. The van der Waals surface area contributed by atoms with E-state index in [1.54, 1.807) is 36.4 Å². The highest BCUT2D eigenvalue weighted by Crippen LogP contribution is 2.28. The van der Waals surface area contributed by atoms with Gasteiger partial charge in [0.05, 0.1) is 24.3 Å². The number of anilines is 1. The first-order valence-electron chi connectivity index (χ1n) is 10.4. The van der Waals surface area contributed by atoms with Gasteiger partial charge in [-0.3, -0.25) is 4.79 Å². The van der Waals surface area contributed by atoms with Crippen molar-refractivity contribution in [1.29, 1.82) is 5.26 Å². The third kappa shape index (κ3) is 5.11. The minimum Gasteiger partial charge on any atom is -0.465 e. The molecule has 4 rings (SSSR count). The number of ether oxygens (including phenoxy) is 1. The van der Waals surface area contributed by atoms with Gasteiger partial charge < -0.3 is 29.6 Å². The Bertz CT molecular complexity index is 1210. The molecule has 2 amide bonds. The van der Waals surface area contributed by atoms with Crippen LogP contribution in [-0.4, -0.2) is 57.9 Å². The van der Waals surface area contributed by atoms with Crippen molar-refractivity contribution >= 4 is 28.8 Å². The van der Waals surface area contributed by atoms with E-state index >= 15 is 0 Å². The Balaban J connectivity index is 1.35. The number of fused-ring (bicyclic) bond motifs is 1. The third-order valence-electron chi connectivity index (χ3n) is 5.44. The van der Waals surface area contributed by atoms with Crippen molar-refractivity contribution in [1.82, 2.24) is 9.88 Å². The highest BCUT2D eigenvalue weighted by Gasteiger charge is 2.23. The lowest BCUT2D eigenvalue weighted by Gasteiger charge is -2.29. The SMILES string of the molecule is N#Cc1cc(CO)c2oc(-c3ccc(NC(=O)COC4CCN(C(=O)O)CC4)cc3)nc2c1. The van der Waals surface area contributed by atoms with E-state index in [2.05, 4.69) is 10.3 Å². The number of aromatic nitrogens is 1. The fourth-order valence-electron chi connectivity index (χ4n) is 3.71. The van der Waals surface area contributed by atoms with E-state index in [9.17, 15) is 14.7 Å². The van der Waals surface area contributed by atoms with Crippen LogP contribution in [0.2, 0.25) is 0 Å². The first-order chi connectivity index (χ1) is 16.0. The second-order valence-electron chi connectivity index (χ2n) is 7.68. The molecule has 0 atom stereocenters. The number of hydrogen-bond donors (Lipinski definition) is 3. The second-order valence-corrected chi connectivity index (χ2v) is 7.68. The number of benzene rings is 2. The Morgan fingerprint density at radius 1 is 1.24 bits per heavy atom. The van der Waals surface area contributed by atoms with E-state index in [1.807, 2.05) is 6.07 Å². The van der Waals surface area contributed by atoms with Gasteiger partial charge in [-0.2, -0.15) is 5.26 Å². The van der Waals surface area contributed by atoms with E-state index in [-0.39, 0.29) is 25.2 Å². The number of nitrogens with one attached hydrogen (secondary N) is 1. The average Bonchev–Trinajstić information content (AvgIpc) is 3.27. The van der Waals surface area contributed by atoms with Crippen LogP contribution < -0.4 is 5.32 Å². The molecule has 0 unspecified atom stereocenters. The Hall–Kier alpha value is -3.94. The highest BCUT2D eigenvalue weighted by atomic mass is 16.5. The minimum absolute atomic E-state index is 0.115. The zero-order valence-corrected chi connectivity index (χ0v) is 17.7. The highest BCUT2D eigenvalue weighted by molar-refractivity contribution is 5.92. The average molecular weight is 450 g/mol. The molecular formula is C23H22N4O6. The number of nitrogens with zero attached hydrogens (tertiary/aromatic N) is 3. The molecule has 1 saturated heterocycles. The molecule has 3 N–H and O–H groups in total. The standard InChI is InChI=1S/C23H22N4O6/c24-11-14-9-16(12-28)21-19(10-14)26-22(33-21)15-1-3-17(4-2-15)25-20(29)13-32-18-5-7-27(8-6-18)23(30)31/h1-4,9-10,18,28H,5-8,12-13H2,(H,25,29)(H,30,31). The van der Waals surface area contributed by atoms with Gasteiger partial charge in [-0.15, -0.1) is 0 Å². The number of nitriles is 1. The van der Waals surface area contributed by atoms with Crippen LogP contribution in [0.15, 0.2) is 40.8 Å². The molecule has 1 aliphatic rings. The second kappa shape index (κ2) is 9.68. The molecule has 0 saturated carbocycles. The van der Waals surface area contributed by atoms with E-state index in [0.29, 0.717) is 65.3 Å². The van der Waals surface area contributed by atoms with Gasteiger partial charge in [0.2, 0.25) is 11.8 Å². The van der Waals surface area contributed by atoms with Crippen LogP contribution in [0.25, 0.3) is 22.6 Å². The Morgan fingerprint density at radius 3 is 2.61 bits per heavy atom. The van der Waals surface area contributed by atoms with Crippen LogP contribution in [-0.2, 0) is 16.1 Å². The van der Waals surface area contributed by atoms with Crippen molar-refractivity contribution in [3.8, 4) is 17.5 Å². The zero-order chi connectivity index (χ0) is 23.4. The molecule has 2 aromatic carbocycles. The molecular weight excluding hydrogens is 428 g/mol. The Kier molecular flexibility index (Phi) is 6.53. The van der Waals surface area contributed by atoms with Gasteiger partial charge in [0.1, 0.15) is 12.1 Å². The van der Waals surface area contributed by atoms with Gasteiger partial charge in [0, 0.05) is 29.9 Å². The third-order valence-corrected chi connectivity index (χ3v) is 5.44. The summed E-state index contributed by atoms with van der Waals surface area (Å²) < 4.78 is 11.4. The number of carbonyl (C=O) groups excluding carboxylic acids is 1. The lowest BCUT2D eigenvalue weighted by molar-refractivity contribution is -0.123. The number of rotatable bonds is 6. The van der Waals surface area contributed by atoms with Gasteiger partial charge in [-0.1, -0.05) is 0 Å². The Morgan fingerprint density at radius 2 is 1.97 bits per heavy atom. The van der Waals surface area contributed by atoms with E-state index in [4.69, 9.17) is 19.5 Å². The van der Waals surface area contributed by atoms with Crippen molar-refractivity contribution < 1.29 is 29.0 Å². The van der Waals surface area contributed by atoms with E-state index in [0.717, 1.165) is 0 Å². The topological polar surface area (TPSA) is 149 Å². The number of carbonyl (C=O) groups is 2. The molecule has 1 aliphatic heterocycles. The Labute approximate surface area is 189 Å². The largest absolute Gasteiger partial charge is 0.465 e. The molecule has 0 radical (unpaired) electrons. The van der Waals surface area contributed by atoms with Crippen molar-refractivity contribution in [3.63, 3.8) is 0 Å². The maximum Gasteiger partial charge on any atom is 0.407 e. The van der Waals surface area contributed by atoms with Crippen molar-refractivity contribution in [3.05, 3.63) is 47.5 Å². The molecule has 170 valence electrons. The fourth-order valence-corrected chi connectivity index (χ4v) is 3.71. The molecule has 2 heterocycles. The number of aliphatic hydroxyl groups excluding tert-OH is 1. The summed E-state index contributed by atoms with van der Waals surface area (Å²) in [5.74, 6) is 0.0330. The molecule has 33 heavy (non-hydrogen) atoms. The first-order valence-corrected chi connectivity index (χ1v) is 10.4. The van der Waals surface area contributed by atoms with Gasteiger partial charge in [0.25, 0.3) is 0 Å². The van der Waals surface area contributed by atoms with Crippen LogP contribution in [0, 0.1) is 11.3 Å². The summed E-state index contributed by atoms with van der Waals surface area (Å²) in [5, 5.41) is 30.4. The van der Waals surface area contributed by atoms with Crippen molar-refractivity contribution in [2.24, 2.45) is 0 Å². The summed E-state index contributed by atoms with van der Waals surface area (Å²) in [4.78, 5) is 28.9. The molecule has 1 fully saturated rings. The van der Waals surface area contributed by atoms with Crippen LogP contribution in [0.5, 0.6) is 0 Å². The smallest absolute Gasteiger partial charge is 0.407 e. The van der Waals surface area contributed by atoms with E-state index in [1.165, 1.54) is 4.90 Å². The lowest BCUT2D eigenvalue weighted by atomic mass is 10.1. The van der Waals surface area contributed by atoms with Gasteiger partial charge in [0.15, 0.2) is 5.58 Å². The van der Waals surface area contributed by atoms with Crippen molar-refractivity contribution in [2.75, 3.05) is 25.0 Å². The predicted octanol–water partition coefficient (Wildman–Crippen LogP) is 2.96. The maximum absolute atomic E-state index is 12.2. The summed E-state index contributed by atoms with van der Waals surface area (Å²) in [6.07, 6.45) is 0.0469. The summed E-state index contributed by atoms with van der Waals surface area (Å²) >= 11 is 0. The van der Waals surface area contributed by atoms with Gasteiger partial charge in [-0.05, 0) is 49.2 Å². The zero-order valence-electron chi connectivity index (χ0n) is 17.7. The van der Waals surface area contributed by atoms with Crippen LogP contribution >= 0.6 is 0 Å². The predicted molar refractivity (Wildman–Crippen MR) is 117 cm³/mol. The van der Waals surface area contributed by atoms with Crippen LogP contribution in [0.1, 0.15) is 24.0 Å². The number of hydrogen-bond acceptors (Lipinski definition) is 7. The number of amides is 2. The molecule has 0 bridgehead atoms. The normalized spacial score (nSPS) is 14.2. The number of piperidine rings is 1. The lowest BCUT2D eigenvalue weighted by Crippen LogP contribution is -2.40. The van der Waals surface area contributed by atoms with Crippen molar-refractivity contribution in [2.45, 2.75) is 25.6 Å². The van der Waals surface area contributed by atoms with Crippen LogP contribution in [0.3, 0.4) is 0 Å². The molecule has 1 aromatic heterocycles. The number of carboxylic acid groups (broad SMARTS) is 1. The molecule has 0 spiro atoms. The monoisotopic (exact) mass is 450 g/mol. The molecule has 0 aliphatic carbocycles. The van der Waals surface area contributed by atoms with Gasteiger partial charge >= 0.3 is 6.09 Å². The molecule has 10 nitrogen and oxygen atoms in total. The number of likely N-dealkylation sites (tertiary alicyclic amines) is 1. The summed E-state index contributed by atoms with van der Waals surface area (Å²) in [6.45, 7) is 0.412. The first kappa shape index (κ1) is 22.3. The summed E-state index contributed by atoms with van der Waals surface area (Å²) in [7, 11) is 0. The molecule has 10 heteroatoms. The molecule has 3 aromatic rings.